The summed E-state index contributed by atoms with van der Waals surface area (Å²) >= 11 is 0. The number of ketones is 1. The minimum atomic E-state index is -0.441. The molecule has 1 unspecified atom stereocenters. The molecule has 120 valence electrons. The Kier molecular flexibility index (Phi) is 3.75. The van der Waals surface area contributed by atoms with E-state index in [0.717, 1.165) is 29.6 Å². The summed E-state index contributed by atoms with van der Waals surface area (Å²) in [5.41, 5.74) is 4.46. The molecule has 4 rings (SSSR count). The molecule has 24 heavy (non-hydrogen) atoms. The SMILES string of the molecule is O=CC(=O)C1c2ccccc2CN1CCc1c[nH]c2ccccc12. The summed E-state index contributed by atoms with van der Waals surface area (Å²) in [4.78, 5) is 28.6. The van der Waals surface area contributed by atoms with Gasteiger partial charge in [0.05, 0.1) is 0 Å². The van der Waals surface area contributed by atoms with Crippen LogP contribution in [0.15, 0.2) is 54.7 Å². The van der Waals surface area contributed by atoms with Crippen molar-refractivity contribution in [3.8, 4) is 0 Å². The fourth-order valence-corrected chi connectivity index (χ4v) is 3.66. The number of nitrogens with one attached hydrogen (secondary N) is 1. The molecule has 0 radical (unpaired) electrons. The molecule has 3 aromatic rings. The summed E-state index contributed by atoms with van der Waals surface area (Å²) in [7, 11) is 0. The van der Waals surface area contributed by atoms with Crippen LogP contribution < -0.4 is 0 Å². The molecule has 0 amide bonds. The fraction of sp³-hybridized carbons (Fsp3) is 0.200. The molecular weight excluding hydrogens is 300 g/mol. The number of H-pyrrole nitrogens is 1. The van der Waals surface area contributed by atoms with Crippen molar-refractivity contribution in [1.29, 1.82) is 0 Å². The second-order valence-electron chi connectivity index (χ2n) is 6.20. The van der Waals surface area contributed by atoms with Gasteiger partial charge in [0, 0.05) is 30.2 Å². The summed E-state index contributed by atoms with van der Waals surface area (Å²) in [5, 5.41) is 1.22. The van der Waals surface area contributed by atoms with Crippen molar-refractivity contribution in [2.75, 3.05) is 6.54 Å². The third kappa shape index (κ3) is 2.45. The second-order valence-corrected chi connectivity index (χ2v) is 6.20. The van der Waals surface area contributed by atoms with Gasteiger partial charge in [0.25, 0.3) is 0 Å². The number of para-hydroxylation sites is 1. The first-order valence-electron chi connectivity index (χ1n) is 8.14. The van der Waals surface area contributed by atoms with Gasteiger partial charge >= 0.3 is 0 Å². The summed E-state index contributed by atoms with van der Waals surface area (Å²) < 4.78 is 0. The zero-order valence-corrected chi connectivity index (χ0v) is 13.2. The molecular formula is C20H18N2O2. The number of fused-ring (bicyclic) bond motifs is 2. The highest BCUT2D eigenvalue weighted by Gasteiger charge is 2.34. The molecule has 4 nitrogen and oxygen atoms in total. The van der Waals surface area contributed by atoms with Crippen molar-refractivity contribution in [3.63, 3.8) is 0 Å². The molecule has 2 heterocycles. The van der Waals surface area contributed by atoms with E-state index in [1.807, 2.05) is 42.6 Å². The highest BCUT2D eigenvalue weighted by Crippen LogP contribution is 2.34. The number of benzene rings is 2. The molecule has 1 aliphatic rings. The van der Waals surface area contributed by atoms with Crippen LogP contribution in [-0.2, 0) is 22.6 Å². The van der Waals surface area contributed by atoms with Gasteiger partial charge in [-0.3, -0.25) is 14.5 Å². The van der Waals surface area contributed by atoms with Gasteiger partial charge < -0.3 is 4.98 Å². The number of hydrogen-bond donors (Lipinski definition) is 1. The van der Waals surface area contributed by atoms with Crippen LogP contribution in [0.3, 0.4) is 0 Å². The highest BCUT2D eigenvalue weighted by molar-refractivity contribution is 6.27. The van der Waals surface area contributed by atoms with Crippen LogP contribution in [0.5, 0.6) is 0 Å². The Morgan fingerprint density at radius 3 is 2.83 bits per heavy atom. The minimum absolute atomic E-state index is 0.362. The third-order valence-corrected chi connectivity index (χ3v) is 4.82. The second kappa shape index (κ2) is 6.06. The van der Waals surface area contributed by atoms with Crippen LogP contribution in [0, 0.1) is 0 Å². The van der Waals surface area contributed by atoms with Crippen molar-refractivity contribution >= 4 is 23.0 Å². The van der Waals surface area contributed by atoms with Crippen molar-refractivity contribution < 1.29 is 9.59 Å². The molecule has 0 spiro atoms. The van der Waals surface area contributed by atoms with Crippen molar-refractivity contribution in [2.24, 2.45) is 0 Å². The average molecular weight is 318 g/mol. The third-order valence-electron chi connectivity index (χ3n) is 4.82. The van der Waals surface area contributed by atoms with Crippen LogP contribution >= 0.6 is 0 Å². The Hall–Kier alpha value is -2.72. The van der Waals surface area contributed by atoms with Gasteiger partial charge in [-0.1, -0.05) is 42.5 Å². The molecule has 4 heteroatoms. The van der Waals surface area contributed by atoms with Gasteiger partial charge in [-0.2, -0.15) is 0 Å². The Labute approximate surface area is 140 Å². The van der Waals surface area contributed by atoms with Crippen LogP contribution in [0.1, 0.15) is 22.7 Å². The van der Waals surface area contributed by atoms with E-state index in [1.54, 1.807) is 0 Å². The average Bonchev–Trinajstić information content (AvgIpc) is 3.20. The maximum absolute atomic E-state index is 12.1. The Balaban J connectivity index is 1.58. The maximum Gasteiger partial charge on any atom is 0.216 e. The van der Waals surface area contributed by atoms with E-state index in [1.165, 1.54) is 10.9 Å². The number of hydrogen-bond acceptors (Lipinski definition) is 3. The predicted octanol–water partition coefficient (Wildman–Crippen LogP) is 3.04. The molecule has 1 aliphatic heterocycles. The highest BCUT2D eigenvalue weighted by atomic mass is 16.2. The summed E-state index contributed by atoms with van der Waals surface area (Å²) in [6.07, 6.45) is 3.32. The Morgan fingerprint density at radius 1 is 1.17 bits per heavy atom. The largest absolute Gasteiger partial charge is 0.361 e. The lowest BCUT2D eigenvalue weighted by atomic mass is 10.0. The van der Waals surface area contributed by atoms with Crippen molar-refractivity contribution in [3.05, 3.63) is 71.4 Å². The summed E-state index contributed by atoms with van der Waals surface area (Å²) in [6, 6.07) is 15.7. The lowest BCUT2D eigenvalue weighted by Crippen LogP contribution is -2.30. The van der Waals surface area contributed by atoms with E-state index in [2.05, 4.69) is 22.0 Å². The molecule has 1 atom stereocenters. The quantitative estimate of drug-likeness (QED) is 0.581. The van der Waals surface area contributed by atoms with Gasteiger partial charge in [-0.25, -0.2) is 0 Å². The minimum Gasteiger partial charge on any atom is -0.361 e. The Bertz CT molecular complexity index is 913. The number of aromatic amines is 1. The van der Waals surface area contributed by atoms with Gasteiger partial charge in [0.2, 0.25) is 5.78 Å². The summed E-state index contributed by atoms with van der Waals surface area (Å²) in [6.45, 7) is 1.45. The number of aromatic nitrogens is 1. The molecule has 0 saturated carbocycles. The molecule has 1 N–H and O–H groups in total. The molecule has 0 aliphatic carbocycles. The van der Waals surface area contributed by atoms with E-state index in [-0.39, 0.29) is 5.78 Å². The van der Waals surface area contributed by atoms with Gasteiger partial charge in [-0.15, -0.1) is 0 Å². The van der Waals surface area contributed by atoms with Crippen LogP contribution in [-0.4, -0.2) is 28.5 Å². The Morgan fingerprint density at radius 2 is 1.96 bits per heavy atom. The normalized spacial score (nSPS) is 17.1. The van der Waals surface area contributed by atoms with E-state index >= 15 is 0 Å². The molecule has 0 saturated heterocycles. The van der Waals surface area contributed by atoms with Crippen LogP contribution in [0.4, 0.5) is 0 Å². The van der Waals surface area contributed by atoms with Gasteiger partial charge in [0.1, 0.15) is 6.04 Å². The molecule has 1 aromatic heterocycles. The van der Waals surface area contributed by atoms with Crippen LogP contribution in [0.25, 0.3) is 10.9 Å². The lowest BCUT2D eigenvalue weighted by Gasteiger charge is -2.22. The van der Waals surface area contributed by atoms with Crippen molar-refractivity contribution in [1.82, 2.24) is 9.88 Å². The van der Waals surface area contributed by atoms with Gasteiger partial charge in [0.15, 0.2) is 6.29 Å². The number of Topliss-reactive ketones (excluding diaryl/α,β-unsaturated/α-hetero) is 1. The number of carbonyl (C=O) groups is 2. The summed E-state index contributed by atoms with van der Waals surface area (Å²) in [5.74, 6) is -0.362. The predicted molar refractivity (Wildman–Crippen MR) is 92.7 cm³/mol. The monoisotopic (exact) mass is 318 g/mol. The molecule has 2 aromatic carbocycles. The molecule has 0 bridgehead atoms. The van der Waals surface area contributed by atoms with E-state index in [0.29, 0.717) is 12.8 Å². The van der Waals surface area contributed by atoms with Crippen molar-refractivity contribution in [2.45, 2.75) is 19.0 Å². The first-order chi connectivity index (χ1) is 11.8. The fourth-order valence-electron chi connectivity index (χ4n) is 3.66. The first kappa shape index (κ1) is 14.8. The van der Waals surface area contributed by atoms with E-state index in [4.69, 9.17) is 0 Å². The van der Waals surface area contributed by atoms with E-state index < -0.39 is 6.04 Å². The standard InChI is InChI=1S/C20H18N2O2/c23-13-19(24)20-17-7-2-1-5-15(17)12-22(20)10-9-14-11-21-18-8-4-3-6-16(14)18/h1-8,11,13,20-21H,9-10,12H2. The topological polar surface area (TPSA) is 53.2 Å². The molecule has 0 fully saturated rings. The number of carbonyl (C=O) groups excluding carboxylic acids is 2. The number of rotatable bonds is 5. The number of nitrogens with zero attached hydrogens (tertiary/aromatic N) is 1. The van der Waals surface area contributed by atoms with Gasteiger partial charge in [-0.05, 0) is 29.2 Å². The number of aldehydes is 1. The smallest absolute Gasteiger partial charge is 0.216 e. The van der Waals surface area contributed by atoms with Crippen LogP contribution in [0.2, 0.25) is 0 Å². The zero-order chi connectivity index (χ0) is 16.5. The first-order valence-corrected chi connectivity index (χ1v) is 8.14. The maximum atomic E-state index is 12.1. The van der Waals surface area contributed by atoms with E-state index in [9.17, 15) is 9.59 Å². The zero-order valence-electron chi connectivity index (χ0n) is 13.2. The lowest BCUT2D eigenvalue weighted by molar-refractivity contribution is -0.133.